The van der Waals surface area contributed by atoms with Crippen molar-refractivity contribution >= 4 is 11.4 Å². The quantitative estimate of drug-likeness (QED) is 0.292. The molecule has 2 atom stereocenters. The molecule has 1 heterocycles. The van der Waals surface area contributed by atoms with Crippen LogP contribution in [0.3, 0.4) is 0 Å². The van der Waals surface area contributed by atoms with Crippen LogP contribution < -0.4 is 9.80 Å². The fraction of sp³-hybridized carbons (Fsp3) is 0.294. The van der Waals surface area contributed by atoms with Crippen LogP contribution in [-0.4, -0.2) is 6.17 Å². The molecule has 2 unspecified atom stereocenters. The third-order valence-corrected chi connectivity index (χ3v) is 7.77. The first-order chi connectivity index (χ1) is 17.3. The lowest BCUT2D eigenvalue weighted by atomic mass is 9.91. The molecule has 0 spiro atoms. The predicted molar refractivity (Wildman–Crippen MR) is 154 cm³/mol. The van der Waals surface area contributed by atoms with Crippen molar-refractivity contribution in [2.24, 2.45) is 0 Å². The average molecular weight is 475 g/mol. The van der Waals surface area contributed by atoms with Gasteiger partial charge in [-0.15, -0.1) is 0 Å². The Balaban J connectivity index is 1.82. The second-order valence-electron chi connectivity index (χ2n) is 10.7. The molecule has 5 rings (SSSR count). The van der Waals surface area contributed by atoms with Gasteiger partial charge < -0.3 is 9.80 Å². The van der Waals surface area contributed by atoms with Crippen LogP contribution in [0.5, 0.6) is 0 Å². The van der Waals surface area contributed by atoms with Gasteiger partial charge in [-0.3, -0.25) is 0 Å². The zero-order valence-electron chi connectivity index (χ0n) is 22.7. The molecule has 2 nitrogen and oxygen atoms in total. The third kappa shape index (κ3) is 4.09. The zero-order valence-corrected chi connectivity index (χ0v) is 22.7. The molecule has 36 heavy (non-hydrogen) atoms. The van der Waals surface area contributed by atoms with Gasteiger partial charge in [0.2, 0.25) is 0 Å². The van der Waals surface area contributed by atoms with Gasteiger partial charge in [-0.25, -0.2) is 0 Å². The summed E-state index contributed by atoms with van der Waals surface area (Å²) < 4.78 is 0. The molecule has 0 aromatic heterocycles. The molecule has 4 aromatic rings. The van der Waals surface area contributed by atoms with Gasteiger partial charge in [0.25, 0.3) is 0 Å². The van der Waals surface area contributed by atoms with Crippen LogP contribution in [0.1, 0.15) is 63.5 Å². The molecule has 2 heteroatoms. The predicted octanol–water partition coefficient (Wildman–Crippen LogP) is 8.69. The molecule has 0 bridgehead atoms. The van der Waals surface area contributed by atoms with Gasteiger partial charge in [-0.05, 0) is 81.8 Å². The van der Waals surface area contributed by atoms with Crippen LogP contribution in [0.4, 0.5) is 11.4 Å². The molecular formula is C34H38N2. The zero-order chi connectivity index (χ0) is 25.6. The van der Waals surface area contributed by atoms with Crippen LogP contribution in [0.2, 0.25) is 0 Å². The van der Waals surface area contributed by atoms with Gasteiger partial charge in [0.05, 0.1) is 12.1 Å². The first kappa shape index (κ1) is 24.2. The summed E-state index contributed by atoms with van der Waals surface area (Å²) in [6.45, 7) is 15.9. The number of aryl methyl sites for hydroxylation is 6. The van der Waals surface area contributed by atoms with Gasteiger partial charge in [0.15, 0.2) is 0 Å². The van der Waals surface area contributed by atoms with Gasteiger partial charge in [-0.2, -0.15) is 0 Å². The number of nitrogens with zero attached hydrogens (tertiary/aromatic N) is 2. The molecule has 0 saturated carbocycles. The summed E-state index contributed by atoms with van der Waals surface area (Å²) in [5, 5.41) is 0. The van der Waals surface area contributed by atoms with Crippen molar-refractivity contribution in [3.63, 3.8) is 0 Å². The molecule has 0 amide bonds. The smallest absolute Gasteiger partial charge is 0.100 e. The largest absolute Gasteiger partial charge is 0.341 e. The van der Waals surface area contributed by atoms with E-state index in [0.717, 1.165) is 0 Å². The SMILES string of the molecule is Cc1cc(C)c(N2C(c3ccccc3)C(c3ccccc3)N(c3c(C)cc(C)cc3C)C2C)c(C)c1. The monoisotopic (exact) mass is 474 g/mol. The highest BCUT2D eigenvalue weighted by molar-refractivity contribution is 5.71. The first-order valence-electron chi connectivity index (χ1n) is 13.1. The number of benzene rings is 4. The minimum Gasteiger partial charge on any atom is -0.341 e. The Kier molecular flexibility index (Phi) is 6.38. The van der Waals surface area contributed by atoms with E-state index >= 15 is 0 Å². The summed E-state index contributed by atoms with van der Waals surface area (Å²) in [4.78, 5) is 5.38. The van der Waals surface area contributed by atoms with E-state index in [4.69, 9.17) is 0 Å². The van der Waals surface area contributed by atoms with E-state index in [1.165, 1.54) is 55.9 Å². The Morgan fingerprint density at radius 2 is 0.778 bits per heavy atom. The molecule has 1 fully saturated rings. The minimum absolute atomic E-state index is 0.167. The third-order valence-electron chi connectivity index (χ3n) is 7.77. The highest BCUT2D eigenvalue weighted by atomic mass is 15.5. The summed E-state index contributed by atoms with van der Waals surface area (Å²) in [5.74, 6) is 0. The molecular weight excluding hydrogens is 436 g/mol. The van der Waals surface area contributed by atoms with Crippen molar-refractivity contribution in [3.8, 4) is 0 Å². The summed E-state index contributed by atoms with van der Waals surface area (Å²) in [5.41, 5.74) is 13.4. The van der Waals surface area contributed by atoms with Crippen molar-refractivity contribution in [3.05, 3.63) is 129 Å². The molecule has 1 aliphatic heterocycles. The van der Waals surface area contributed by atoms with Gasteiger partial charge in [0.1, 0.15) is 6.17 Å². The maximum Gasteiger partial charge on any atom is 0.100 e. The summed E-state index contributed by atoms with van der Waals surface area (Å²) in [7, 11) is 0. The Hall–Kier alpha value is -3.52. The van der Waals surface area contributed by atoms with Crippen molar-refractivity contribution in [1.82, 2.24) is 0 Å². The van der Waals surface area contributed by atoms with E-state index in [1.807, 2.05) is 0 Å². The van der Waals surface area contributed by atoms with Crippen LogP contribution >= 0.6 is 0 Å². The molecule has 0 aliphatic carbocycles. The normalized spacial score (nSPS) is 19.7. The second kappa shape index (κ2) is 9.50. The van der Waals surface area contributed by atoms with Crippen LogP contribution in [0.15, 0.2) is 84.9 Å². The van der Waals surface area contributed by atoms with E-state index in [0.29, 0.717) is 0 Å². The fourth-order valence-corrected chi connectivity index (χ4v) is 6.70. The average Bonchev–Trinajstić information content (AvgIpc) is 3.11. The van der Waals surface area contributed by atoms with Crippen molar-refractivity contribution in [2.75, 3.05) is 9.80 Å². The van der Waals surface area contributed by atoms with Crippen LogP contribution in [-0.2, 0) is 0 Å². The Labute approximate surface area is 217 Å². The Bertz CT molecular complexity index is 1220. The van der Waals surface area contributed by atoms with Crippen molar-refractivity contribution in [1.29, 1.82) is 0 Å². The number of anilines is 2. The van der Waals surface area contributed by atoms with Gasteiger partial charge >= 0.3 is 0 Å². The van der Waals surface area contributed by atoms with Crippen molar-refractivity contribution in [2.45, 2.75) is 66.7 Å². The second-order valence-corrected chi connectivity index (χ2v) is 10.7. The molecule has 4 aromatic carbocycles. The standard InChI is InChI=1S/C34H38N2/c1-22-18-24(3)31(25(4)19-22)35-28(7)36(32-26(5)20-23(2)21-27(32)6)34(30-16-12-9-13-17-30)33(35)29-14-10-8-11-15-29/h8-21,28,33-34H,1-7H3. The lowest BCUT2D eigenvalue weighted by Gasteiger charge is -2.35. The lowest BCUT2D eigenvalue weighted by Crippen LogP contribution is -2.38. The minimum atomic E-state index is 0.167. The van der Waals surface area contributed by atoms with Gasteiger partial charge in [-0.1, -0.05) is 96.1 Å². The summed E-state index contributed by atoms with van der Waals surface area (Å²) >= 11 is 0. The van der Waals surface area contributed by atoms with E-state index in [-0.39, 0.29) is 18.2 Å². The van der Waals surface area contributed by atoms with Gasteiger partial charge in [0, 0.05) is 11.4 Å². The van der Waals surface area contributed by atoms with Crippen LogP contribution in [0.25, 0.3) is 0 Å². The van der Waals surface area contributed by atoms with Crippen molar-refractivity contribution < 1.29 is 0 Å². The summed E-state index contributed by atoms with van der Waals surface area (Å²) in [6, 6.07) is 31.9. The molecule has 1 aliphatic rings. The highest BCUT2D eigenvalue weighted by Gasteiger charge is 2.48. The Morgan fingerprint density at radius 3 is 1.08 bits per heavy atom. The maximum absolute atomic E-state index is 2.69. The maximum atomic E-state index is 2.69. The lowest BCUT2D eigenvalue weighted by molar-refractivity contribution is 0.616. The number of rotatable bonds is 4. The topological polar surface area (TPSA) is 6.48 Å². The molecule has 0 radical (unpaired) electrons. The highest BCUT2D eigenvalue weighted by Crippen LogP contribution is 2.53. The number of hydrogen-bond donors (Lipinski definition) is 0. The summed E-state index contributed by atoms with van der Waals surface area (Å²) in [6.07, 6.45) is 0.167. The van der Waals surface area contributed by atoms with E-state index in [9.17, 15) is 0 Å². The van der Waals surface area contributed by atoms with E-state index in [1.54, 1.807) is 0 Å². The Morgan fingerprint density at radius 1 is 0.472 bits per heavy atom. The number of hydrogen-bond acceptors (Lipinski definition) is 2. The first-order valence-corrected chi connectivity index (χ1v) is 13.1. The molecule has 0 N–H and O–H groups in total. The fourth-order valence-electron chi connectivity index (χ4n) is 6.70. The molecule has 1 saturated heterocycles. The van der Waals surface area contributed by atoms with Crippen LogP contribution in [0, 0.1) is 41.5 Å². The van der Waals surface area contributed by atoms with E-state index in [2.05, 4.69) is 143 Å². The molecule has 184 valence electrons. The van der Waals surface area contributed by atoms with E-state index < -0.39 is 0 Å².